The fourth-order valence-electron chi connectivity index (χ4n) is 2.81. The van der Waals surface area contributed by atoms with Gasteiger partial charge in [0.1, 0.15) is 6.04 Å². The van der Waals surface area contributed by atoms with Crippen LogP contribution in [0, 0.1) is 0 Å². The zero-order valence-electron chi connectivity index (χ0n) is 12.5. The smallest absolute Gasteiger partial charge is 0.305 e. The Morgan fingerprint density at radius 1 is 1.52 bits per heavy atom. The molecule has 2 amide bonds. The van der Waals surface area contributed by atoms with E-state index in [0.717, 1.165) is 6.42 Å². The van der Waals surface area contributed by atoms with Crippen molar-refractivity contribution in [1.82, 2.24) is 10.2 Å². The first-order valence-electron chi connectivity index (χ1n) is 7.37. The Bertz CT molecular complexity index is 443. The number of ether oxygens (including phenoxy) is 1. The quantitative estimate of drug-likeness (QED) is 0.582. The number of hydrogen-bond acceptors (Lipinski definition) is 5. The molecule has 2 unspecified atom stereocenters. The Morgan fingerprint density at radius 2 is 2.29 bits per heavy atom. The molecular weight excluding hydrogens is 292 g/mol. The molecule has 2 heterocycles. The Kier molecular flexibility index (Phi) is 5.13. The van der Waals surface area contributed by atoms with E-state index in [-0.39, 0.29) is 28.7 Å². The number of nitrogens with zero attached hydrogens (tertiary/aromatic N) is 1. The van der Waals surface area contributed by atoms with Gasteiger partial charge in [-0.25, -0.2) is 0 Å². The Morgan fingerprint density at radius 3 is 3.00 bits per heavy atom. The van der Waals surface area contributed by atoms with Gasteiger partial charge in [-0.15, -0.1) is 11.8 Å². The van der Waals surface area contributed by atoms with E-state index >= 15 is 0 Å². The molecule has 7 heteroatoms. The van der Waals surface area contributed by atoms with Crippen LogP contribution in [0.4, 0.5) is 0 Å². The number of thioether (sulfide) groups is 1. The predicted octanol–water partition coefficient (Wildman–Crippen LogP) is 0.900. The highest BCUT2D eigenvalue weighted by Crippen LogP contribution is 2.47. The van der Waals surface area contributed by atoms with Crippen molar-refractivity contribution in [2.75, 3.05) is 18.9 Å². The lowest BCUT2D eigenvalue weighted by Crippen LogP contribution is -2.50. The lowest BCUT2D eigenvalue weighted by molar-refractivity contribution is -0.143. The molecule has 1 N–H and O–H groups in total. The van der Waals surface area contributed by atoms with E-state index < -0.39 is 0 Å². The summed E-state index contributed by atoms with van der Waals surface area (Å²) in [6.07, 6.45) is 2.18. The molecule has 0 bridgehead atoms. The molecule has 21 heavy (non-hydrogen) atoms. The van der Waals surface area contributed by atoms with E-state index in [9.17, 15) is 14.4 Å². The highest BCUT2D eigenvalue weighted by atomic mass is 32.2. The van der Waals surface area contributed by atoms with Crippen molar-refractivity contribution in [2.45, 2.75) is 50.4 Å². The van der Waals surface area contributed by atoms with Crippen LogP contribution in [0.1, 0.15) is 39.5 Å². The van der Waals surface area contributed by atoms with Crippen LogP contribution in [-0.4, -0.2) is 52.5 Å². The van der Waals surface area contributed by atoms with E-state index in [1.54, 1.807) is 23.6 Å². The van der Waals surface area contributed by atoms with Crippen LogP contribution in [-0.2, 0) is 19.1 Å². The van der Waals surface area contributed by atoms with Gasteiger partial charge in [0.25, 0.3) is 0 Å². The molecule has 2 atom stereocenters. The van der Waals surface area contributed by atoms with Crippen molar-refractivity contribution in [2.24, 2.45) is 0 Å². The van der Waals surface area contributed by atoms with Gasteiger partial charge >= 0.3 is 5.97 Å². The van der Waals surface area contributed by atoms with Crippen molar-refractivity contribution in [1.29, 1.82) is 0 Å². The van der Waals surface area contributed by atoms with Crippen LogP contribution >= 0.6 is 11.8 Å². The van der Waals surface area contributed by atoms with Crippen molar-refractivity contribution >= 4 is 29.5 Å². The average Bonchev–Trinajstić information content (AvgIpc) is 2.92. The third-order valence-corrected chi connectivity index (χ3v) is 5.41. The molecule has 0 saturated carbocycles. The molecule has 2 rings (SSSR count). The highest BCUT2D eigenvalue weighted by Gasteiger charge is 2.52. The number of amides is 2. The summed E-state index contributed by atoms with van der Waals surface area (Å²) in [7, 11) is 0. The second-order valence-corrected chi connectivity index (χ2v) is 6.97. The standard InChI is InChI=1S/C14H22N2O4S/c1-3-20-12(18)5-4-8-15-13(19)10-9-21-14(2)7-6-11(17)16(10)14/h10H,3-9H2,1-2H3,(H,15,19). The van der Waals surface area contributed by atoms with Crippen molar-refractivity contribution < 1.29 is 19.1 Å². The zero-order chi connectivity index (χ0) is 15.5. The lowest BCUT2D eigenvalue weighted by atomic mass is 10.2. The maximum absolute atomic E-state index is 12.2. The predicted molar refractivity (Wildman–Crippen MR) is 79.6 cm³/mol. The molecule has 0 aromatic rings. The minimum absolute atomic E-state index is 0.0640. The molecule has 2 fully saturated rings. The summed E-state index contributed by atoms with van der Waals surface area (Å²) in [6, 6.07) is -0.377. The largest absolute Gasteiger partial charge is 0.466 e. The molecule has 2 aliphatic heterocycles. The summed E-state index contributed by atoms with van der Waals surface area (Å²) in [5, 5.41) is 2.82. The molecular formula is C14H22N2O4S. The SMILES string of the molecule is CCOC(=O)CCCNC(=O)C1CSC2(C)CCC(=O)N12. The van der Waals surface area contributed by atoms with E-state index in [0.29, 0.717) is 38.2 Å². The molecule has 2 saturated heterocycles. The van der Waals surface area contributed by atoms with Crippen LogP contribution in [0.15, 0.2) is 0 Å². The fraction of sp³-hybridized carbons (Fsp3) is 0.786. The van der Waals surface area contributed by atoms with Crippen molar-refractivity contribution in [3.05, 3.63) is 0 Å². The number of esters is 1. The normalized spacial score (nSPS) is 27.6. The van der Waals surface area contributed by atoms with Crippen molar-refractivity contribution in [3.63, 3.8) is 0 Å². The molecule has 0 aliphatic carbocycles. The van der Waals surface area contributed by atoms with Gasteiger partial charge in [-0.05, 0) is 26.7 Å². The lowest BCUT2D eigenvalue weighted by Gasteiger charge is -2.29. The Labute approximate surface area is 129 Å². The van der Waals surface area contributed by atoms with E-state index in [4.69, 9.17) is 4.74 Å². The molecule has 6 nitrogen and oxygen atoms in total. The molecule has 0 aromatic carbocycles. The van der Waals surface area contributed by atoms with Crippen LogP contribution in [0.25, 0.3) is 0 Å². The summed E-state index contributed by atoms with van der Waals surface area (Å²) in [6.45, 7) is 4.59. The topological polar surface area (TPSA) is 75.7 Å². The van der Waals surface area contributed by atoms with Gasteiger partial charge in [0.05, 0.1) is 11.5 Å². The summed E-state index contributed by atoms with van der Waals surface area (Å²) in [5.74, 6) is 0.344. The monoisotopic (exact) mass is 314 g/mol. The number of hydrogen-bond donors (Lipinski definition) is 1. The number of carbonyl (C=O) groups excluding carboxylic acids is 3. The molecule has 0 radical (unpaired) electrons. The number of rotatable bonds is 6. The van der Waals surface area contributed by atoms with Crippen LogP contribution in [0.2, 0.25) is 0 Å². The second kappa shape index (κ2) is 6.68. The number of fused-ring (bicyclic) bond motifs is 1. The third-order valence-electron chi connectivity index (χ3n) is 3.91. The van der Waals surface area contributed by atoms with Crippen molar-refractivity contribution in [3.8, 4) is 0 Å². The van der Waals surface area contributed by atoms with E-state index in [2.05, 4.69) is 5.32 Å². The first-order valence-corrected chi connectivity index (χ1v) is 8.36. The number of carbonyl (C=O) groups is 3. The minimum atomic E-state index is -0.377. The molecule has 2 aliphatic rings. The van der Waals surface area contributed by atoms with Crippen LogP contribution in [0.3, 0.4) is 0 Å². The average molecular weight is 314 g/mol. The van der Waals surface area contributed by atoms with Crippen LogP contribution in [0.5, 0.6) is 0 Å². The maximum Gasteiger partial charge on any atom is 0.305 e. The van der Waals surface area contributed by atoms with Gasteiger partial charge in [0.15, 0.2) is 0 Å². The first-order chi connectivity index (χ1) is 9.98. The maximum atomic E-state index is 12.2. The highest BCUT2D eigenvalue weighted by molar-refractivity contribution is 8.01. The summed E-state index contributed by atoms with van der Waals surface area (Å²) >= 11 is 1.68. The summed E-state index contributed by atoms with van der Waals surface area (Å²) < 4.78 is 4.82. The van der Waals surface area contributed by atoms with Gasteiger partial charge in [-0.2, -0.15) is 0 Å². The zero-order valence-corrected chi connectivity index (χ0v) is 13.3. The van der Waals surface area contributed by atoms with Gasteiger partial charge in [0.2, 0.25) is 11.8 Å². The van der Waals surface area contributed by atoms with E-state index in [1.807, 2.05) is 6.92 Å². The first kappa shape index (κ1) is 16.1. The van der Waals surface area contributed by atoms with Gasteiger partial charge in [-0.1, -0.05) is 0 Å². The van der Waals surface area contributed by atoms with Gasteiger partial charge < -0.3 is 15.0 Å². The third kappa shape index (κ3) is 3.51. The fourth-order valence-corrected chi connectivity index (χ4v) is 4.24. The molecule has 0 aromatic heterocycles. The van der Waals surface area contributed by atoms with Gasteiger partial charge in [0, 0.05) is 25.1 Å². The molecule has 0 spiro atoms. The Hall–Kier alpha value is -1.24. The molecule has 118 valence electrons. The van der Waals surface area contributed by atoms with E-state index in [1.165, 1.54) is 0 Å². The minimum Gasteiger partial charge on any atom is -0.466 e. The second-order valence-electron chi connectivity index (χ2n) is 5.47. The summed E-state index contributed by atoms with van der Waals surface area (Å²) in [4.78, 5) is 36.9. The Balaban J connectivity index is 1.77. The number of nitrogens with one attached hydrogen (secondary N) is 1. The van der Waals surface area contributed by atoms with Crippen LogP contribution < -0.4 is 5.32 Å². The van der Waals surface area contributed by atoms with Gasteiger partial charge in [-0.3, -0.25) is 14.4 Å². The summed E-state index contributed by atoms with van der Waals surface area (Å²) in [5.41, 5.74) is 0.